The van der Waals surface area contributed by atoms with E-state index in [9.17, 15) is 4.79 Å². The van der Waals surface area contributed by atoms with Gasteiger partial charge in [-0.2, -0.15) is 11.8 Å². The van der Waals surface area contributed by atoms with Crippen molar-refractivity contribution < 1.29 is 9.53 Å². The standard InChI is InChI=1S/C11H14O2S2/c1-2-4-13-11(12)10-6-8-7-14-5-3-9(8)15-10/h6H,2-5,7H2,1H3. The molecular weight excluding hydrogens is 228 g/mol. The van der Waals surface area contributed by atoms with E-state index in [1.165, 1.54) is 16.2 Å². The van der Waals surface area contributed by atoms with Gasteiger partial charge in [0.1, 0.15) is 4.88 Å². The first-order valence-corrected chi connectivity index (χ1v) is 7.15. The number of thioether (sulfide) groups is 1. The topological polar surface area (TPSA) is 26.3 Å². The minimum Gasteiger partial charge on any atom is -0.462 e. The van der Waals surface area contributed by atoms with Crippen LogP contribution in [-0.4, -0.2) is 18.3 Å². The van der Waals surface area contributed by atoms with Crippen LogP contribution in [0.15, 0.2) is 6.07 Å². The molecule has 1 aromatic rings. The fourth-order valence-electron chi connectivity index (χ4n) is 1.51. The first-order chi connectivity index (χ1) is 7.31. The van der Waals surface area contributed by atoms with Gasteiger partial charge >= 0.3 is 5.97 Å². The molecule has 0 radical (unpaired) electrons. The molecule has 2 rings (SSSR count). The third-order valence-electron chi connectivity index (χ3n) is 2.27. The Balaban J connectivity index is 2.08. The summed E-state index contributed by atoms with van der Waals surface area (Å²) in [5.74, 6) is 2.07. The molecule has 0 atom stereocenters. The maximum Gasteiger partial charge on any atom is 0.348 e. The number of carbonyl (C=O) groups excluding carboxylic acids is 1. The van der Waals surface area contributed by atoms with E-state index in [0.717, 1.165) is 23.5 Å². The number of esters is 1. The zero-order valence-electron chi connectivity index (χ0n) is 8.75. The number of ether oxygens (including phenoxy) is 1. The lowest BCUT2D eigenvalue weighted by atomic mass is 10.2. The average molecular weight is 242 g/mol. The van der Waals surface area contributed by atoms with Crippen LogP contribution < -0.4 is 0 Å². The van der Waals surface area contributed by atoms with E-state index in [2.05, 4.69) is 0 Å². The summed E-state index contributed by atoms with van der Waals surface area (Å²) < 4.78 is 5.12. The van der Waals surface area contributed by atoms with E-state index in [1.54, 1.807) is 11.3 Å². The molecule has 0 amide bonds. The van der Waals surface area contributed by atoms with Gasteiger partial charge in [0.25, 0.3) is 0 Å². The quantitative estimate of drug-likeness (QED) is 0.762. The minimum atomic E-state index is -0.152. The second kappa shape index (κ2) is 5.03. The first kappa shape index (κ1) is 11.0. The highest BCUT2D eigenvalue weighted by Gasteiger charge is 2.17. The third-order valence-corrected chi connectivity index (χ3v) is 4.49. The van der Waals surface area contributed by atoms with Crippen molar-refractivity contribution in [3.8, 4) is 0 Å². The van der Waals surface area contributed by atoms with Crippen molar-refractivity contribution in [1.82, 2.24) is 0 Å². The molecule has 2 heterocycles. The number of thiophene rings is 1. The fourth-order valence-corrected chi connectivity index (χ4v) is 3.78. The summed E-state index contributed by atoms with van der Waals surface area (Å²) >= 11 is 3.54. The van der Waals surface area contributed by atoms with Gasteiger partial charge in [-0.1, -0.05) is 6.92 Å². The van der Waals surface area contributed by atoms with Gasteiger partial charge in [0.2, 0.25) is 0 Å². The number of hydrogen-bond acceptors (Lipinski definition) is 4. The molecule has 2 nitrogen and oxygen atoms in total. The molecule has 0 fully saturated rings. The molecule has 0 unspecified atom stereocenters. The van der Waals surface area contributed by atoms with Crippen LogP contribution in [0.25, 0.3) is 0 Å². The lowest BCUT2D eigenvalue weighted by Gasteiger charge is -2.08. The minimum absolute atomic E-state index is 0.152. The zero-order chi connectivity index (χ0) is 10.7. The molecular formula is C11H14O2S2. The maximum atomic E-state index is 11.6. The number of fused-ring (bicyclic) bond motifs is 1. The highest BCUT2D eigenvalue weighted by atomic mass is 32.2. The van der Waals surface area contributed by atoms with Crippen LogP contribution >= 0.6 is 23.1 Å². The van der Waals surface area contributed by atoms with Crippen molar-refractivity contribution in [3.63, 3.8) is 0 Å². The summed E-state index contributed by atoms with van der Waals surface area (Å²) in [7, 11) is 0. The number of rotatable bonds is 3. The van der Waals surface area contributed by atoms with Gasteiger partial charge in [0, 0.05) is 10.6 Å². The Morgan fingerprint density at radius 1 is 1.60 bits per heavy atom. The van der Waals surface area contributed by atoms with Crippen molar-refractivity contribution in [2.75, 3.05) is 12.4 Å². The van der Waals surface area contributed by atoms with Crippen molar-refractivity contribution >= 4 is 29.1 Å². The normalized spacial score (nSPS) is 14.7. The SMILES string of the molecule is CCCOC(=O)c1cc2c(s1)CCSC2. The van der Waals surface area contributed by atoms with Crippen molar-refractivity contribution in [1.29, 1.82) is 0 Å². The molecule has 4 heteroatoms. The summed E-state index contributed by atoms with van der Waals surface area (Å²) in [5.41, 5.74) is 1.33. The molecule has 1 aliphatic rings. The van der Waals surface area contributed by atoms with Gasteiger partial charge < -0.3 is 4.74 Å². The molecule has 0 saturated heterocycles. The van der Waals surface area contributed by atoms with Crippen LogP contribution in [0.1, 0.15) is 33.5 Å². The van der Waals surface area contributed by atoms with Crippen molar-refractivity contribution in [2.24, 2.45) is 0 Å². The summed E-state index contributed by atoms with van der Waals surface area (Å²) in [6.07, 6.45) is 1.98. The smallest absolute Gasteiger partial charge is 0.348 e. The largest absolute Gasteiger partial charge is 0.462 e. The van der Waals surface area contributed by atoms with Gasteiger partial charge in [-0.25, -0.2) is 4.79 Å². The highest BCUT2D eigenvalue weighted by Crippen LogP contribution is 2.31. The predicted octanol–water partition coefficient (Wildman–Crippen LogP) is 3.10. The van der Waals surface area contributed by atoms with E-state index in [4.69, 9.17) is 4.74 Å². The molecule has 0 aliphatic carbocycles. The molecule has 0 spiro atoms. The van der Waals surface area contributed by atoms with E-state index < -0.39 is 0 Å². The third kappa shape index (κ3) is 2.55. The Morgan fingerprint density at radius 2 is 2.47 bits per heavy atom. The van der Waals surface area contributed by atoms with Crippen LogP contribution in [0.5, 0.6) is 0 Å². The number of aryl methyl sites for hydroxylation is 1. The highest BCUT2D eigenvalue weighted by molar-refractivity contribution is 7.98. The van der Waals surface area contributed by atoms with Crippen molar-refractivity contribution in [2.45, 2.75) is 25.5 Å². The van der Waals surface area contributed by atoms with Gasteiger partial charge in [0.15, 0.2) is 0 Å². The molecule has 0 aromatic carbocycles. The van der Waals surface area contributed by atoms with Gasteiger partial charge in [-0.05, 0) is 30.2 Å². The number of hydrogen-bond donors (Lipinski definition) is 0. The zero-order valence-corrected chi connectivity index (χ0v) is 10.4. The van der Waals surface area contributed by atoms with Crippen LogP contribution in [0.2, 0.25) is 0 Å². The van der Waals surface area contributed by atoms with E-state index in [-0.39, 0.29) is 5.97 Å². The van der Waals surface area contributed by atoms with Crippen molar-refractivity contribution in [3.05, 3.63) is 21.4 Å². The van der Waals surface area contributed by atoms with Gasteiger partial charge in [-0.15, -0.1) is 11.3 Å². The predicted molar refractivity (Wildman–Crippen MR) is 64.8 cm³/mol. The Labute approximate surface area is 98.0 Å². The summed E-state index contributed by atoms with van der Waals surface area (Å²) in [6.45, 7) is 2.53. The first-order valence-electron chi connectivity index (χ1n) is 5.17. The van der Waals surface area contributed by atoms with Crippen LogP contribution in [0.4, 0.5) is 0 Å². The van der Waals surface area contributed by atoms with Crippen LogP contribution in [-0.2, 0) is 16.9 Å². The van der Waals surface area contributed by atoms with Crippen LogP contribution in [0.3, 0.4) is 0 Å². The van der Waals surface area contributed by atoms with E-state index in [1.807, 2.05) is 24.8 Å². The van der Waals surface area contributed by atoms with E-state index >= 15 is 0 Å². The second-order valence-electron chi connectivity index (χ2n) is 3.50. The molecule has 0 saturated carbocycles. The van der Waals surface area contributed by atoms with Gasteiger partial charge in [0.05, 0.1) is 6.61 Å². The summed E-state index contributed by atoms with van der Waals surface area (Å²) in [5, 5.41) is 0. The Morgan fingerprint density at radius 3 is 3.20 bits per heavy atom. The second-order valence-corrected chi connectivity index (χ2v) is 5.74. The molecule has 82 valence electrons. The average Bonchev–Trinajstić information content (AvgIpc) is 2.69. The Kier molecular flexibility index (Phi) is 3.70. The monoisotopic (exact) mass is 242 g/mol. The maximum absolute atomic E-state index is 11.6. The Bertz CT molecular complexity index is 334. The molecule has 15 heavy (non-hydrogen) atoms. The molecule has 0 N–H and O–H groups in total. The summed E-state index contributed by atoms with van der Waals surface area (Å²) in [6, 6.07) is 2.00. The van der Waals surface area contributed by atoms with E-state index in [0.29, 0.717) is 6.61 Å². The molecule has 1 aromatic heterocycles. The lowest BCUT2D eigenvalue weighted by Crippen LogP contribution is -2.03. The molecule has 1 aliphatic heterocycles. The Hall–Kier alpha value is -0.480. The molecule has 0 bridgehead atoms. The summed E-state index contributed by atoms with van der Waals surface area (Å²) in [4.78, 5) is 13.7. The lowest BCUT2D eigenvalue weighted by molar-refractivity contribution is 0.0511. The van der Waals surface area contributed by atoms with Gasteiger partial charge in [-0.3, -0.25) is 0 Å². The van der Waals surface area contributed by atoms with Crippen LogP contribution in [0, 0.1) is 0 Å². The number of carbonyl (C=O) groups is 1. The fraction of sp³-hybridized carbons (Fsp3) is 0.545.